The Balaban J connectivity index is 2.66. The second kappa shape index (κ2) is 8.25. The Morgan fingerprint density at radius 3 is 2.35 bits per heavy atom. The van der Waals surface area contributed by atoms with Crippen molar-refractivity contribution in [2.45, 2.75) is 25.3 Å². The molecule has 0 fully saturated rings. The van der Waals surface area contributed by atoms with Crippen molar-refractivity contribution in [1.82, 2.24) is 4.90 Å². The van der Waals surface area contributed by atoms with Gasteiger partial charge >= 0.3 is 0 Å². The molecule has 1 aromatic carbocycles. The number of benzene rings is 1. The molecule has 4 nitrogen and oxygen atoms in total. The maximum Gasteiger partial charge on any atom is 0.118 e. The standard InChI is InChI=1S/C16H28N2O2/c1-16(13-17,18(2)10-5-11-19-3)12-14-6-8-15(20-4)9-7-14/h6-9H,5,10-13,17H2,1-4H3. The van der Waals surface area contributed by atoms with Crippen molar-refractivity contribution in [3.63, 3.8) is 0 Å². The van der Waals surface area contributed by atoms with E-state index in [0.717, 1.165) is 31.7 Å². The minimum Gasteiger partial charge on any atom is -0.497 e. The molecule has 0 aliphatic rings. The average Bonchev–Trinajstić information content (AvgIpc) is 2.48. The minimum absolute atomic E-state index is 0.0394. The van der Waals surface area contributed by atoms with Crippen molar-refractivity contribution < 1.29 is 9.47 Å². The first-order chi connectivity index (χ1) is 9.55. The van der Waals surface area contributed by atoms with Crippen LogP contribution in [0.2, 0.25) is 0 Å². The molecule has 0 saturated heterocycles. The summed E-state index contributed by atoms with van der Waals surface area (Å²) < 4.78 is 10.3. The van der Waals surface area contributed by atoms with Crippen molar-refractivity contribution in [2.75, 3.05) is 41.0 Å². The first-order valence-electron chi connectivity index (χ1n) is 7.09. The van der Waals surface area contributed by atoms with Crippen molar-refractivity contribution in [1.29, 1.82) is 0 Å². The summed E-state index contributed by atoms with van der Waals surface area (Å²) in [5.74, 6) is 0.886. The molecule has 20 heavy (non-hydrogen) atoms. The summed E-state index contributed by atoms with van der Waals surface area (Å²) in [5.41, 5.74) is 7.25. The number of hydrogen-bond acceptors (Lipinski definition) is 4. The summed E-state index contributed by atoms with van der Waals surface area (Å²) >= 11 is 0. The Hall–Kier alpha value is -1.10. The quantitative estimate of drug-likeness (QED) is 0.702. The lowest BCUT2D eigenvalue weighted by atomic mass is 9.91. The van der Waals surface area contributed by atoms with Crippen LogP contribution in [0.25, 0.3) is 0 Å². The highest BCUT2D eigenvalue weighted by Gasteiger charge is 2.27. The third kappa shape index (κ3) is 4.78. The van der Waals surface area contributed by atoms with E-state index in [4.69, 9.17) is 15.2 Å². The van der Waals surface area contributed by atoms with Gasteiger partial charge in [-0.15, -0.1) is 0 Å². The highest BCUT2D eigenvalue weighted by Crippen LogP contribution is 2.21. The number of nitrogens with two attached hydrogens (primary N) is 1. The van der Waals surface area contributed by atoms with Crippen LogP contribution in [0.5, 0.6) is 5.75 Å². The number of ether oxygens (including phenoxy) is 2. The molecule has 0 spiro atoms. The molecule has 114 valence electrons. The number of rotatable bonds is 9. The molecule has 0 aliphatic heterocycles. The number of methoxy groups -OCH3 is 2. The van der Waals surface area contributed by atoms with E-state index >= 15 is 0 Å². The summed E-state index contributed by atoms with van der Waals surface area (Å²) in [5, 5.41) is 0. The molecular weight excluding hydrogens is 252 g/mol. The van der Waals surface area contributed by atoms with Gasteiger partial charge in [0.15, 0.2) is 0 Å². The summed E-state index contributed by atoms with van der Waals surface area (Å²) in [4.78, 5) is 2.33. The van der Waals surface area contributed by atoms with Gasteiger partial charge in [0, 0.05) is 32.3 Å². The third-order valence-corrected chi connectivity index (χ3v) is 3.95. The minimum atomic E-state index is -0.0394. The number of nitrogens with zero attached hydrogens (tertiary/aromatic N) is 1. The predicted molar refractivity (Wildman–Crippen MR) is 83.3 cm³/mol. The van der Waals surface area contributed by atoms with Crippen LogP contribution >= 0.6 is 0 Å². The van der Waals surface area contributed by atoms with E-state index in [2.05, 4.69) is 31.0 Å². The summed E-state index contributed by atoms with van der Waals surface area (Å²) in [6.45, 7) is 4.61. The highest BCUT2D eigenvalue weighted by atomic mass is 16.5. The molecule has 0 radical (unpaired) electrons. The Bertz CT molecular complexity index is 381. The van der Waals surface area contributed by atoms with Gasteiger partial charge in [-0.2, -0.15) is 0 Å². The van der Waals surface area contributed by atoms with Crippen LogP contribution in [-0.2, 0) is 11.2 Å². The van der Waals surface area contributed by atoms with Gasteiger partial charge in [0.25, 0.3) is 0 Å². The molecule has 2 N–H and O–H groups in total. The molecule has 1 aromatic rings. The molecule has 1 atom stereocenters. The SMILES string of the molecule is COCCCN(C)C(C)(CN)Cc1ccc(OC)cc1. The first-order valence-corrected chi connectivity index (χ1v) is 7.09. The number of likely N-dealkylation sites (N-methyl/N-ethyl adjacent to an activating group) is 1. The Morgan fingerprint density at radius 1 is 1.20 bits per heavy atom. The van der Waals surface area contributed by atoms with E-state index in [1.807, 2.05) is 12.1 Å². The van der Waals surface area contributed by atoms with Gasteiger partial charge < -0.3 is 15.2 Å². The molecule has 0 bridgehead atoms. The van der Waals surface area contributed by atoms with Crippen molar-refractivity contribution in [3.8, 4) is 5.75 Å². The first kappa shape index (κ1) is 17.0. The molecule has 0 amide bonds. The largest absolute Gasteiger partial charge is 0.497 e. The second-order valence-corrected chi connectivity index (χ2v) is 5.49. The zero-order chi connectivity index (χ0) is 15.0. The Kier molecular flexibility index (Phi) is 6.99. The molecular formula is C16H28N2O2. The molecule has 1 rings (SSSR count). The average molecular weight is 280 g/mol. The molecule has 0 saturated carbocycles. The second-order valence-electron chi connectivity index (χ2n) is 5.49. The topological polar surface area (TPSA) is 47.7 Å². The van der Waals surface area contributed by atoms with Crippen LogP contribution in [0, 0.1) is 0 Å². The van der Waals surface area contributed by atoms with Gasteiger partial charge in [-0.1, -0.05) is 12.1 Å². The lowest BCUT2D eigenvalue weighted by molar-refractivity contribution is 0.120. The number of hydrogen-bond donors (Lipinski definition) is 1. The van der Waals surface area contributed by atoms with Crippen LogP contribution in [0.4, 0.5) is 0 Å². The summed E-state index contributed by atoms with van der Waals surface area (Å²) in [7, 11) is 5.55. The maximum atomic E-state index is 6.02. The lowest BCUT2D eigenvalue weighted by Gasteiger charge is -2.38. The fraction of sp³-hybridized carbons (Fsp3) is 0.625. The van der Waals surface area contributed by atoms with Crippen molar-refractivity contribution in [3.05, 3.63) is 29.8 Å². The van der Waals surface area contributed by atoms with Gasteiger partial charge in [0.2, 0.25) is 0 Å². The van der Waals surface area contributed by atoms with Crippen LogP contribution in [0.1, 0.15) is 18.9 Å². The van der Waals surface area contributed by atoms with E-state index in [9.17, 15) is 0 Å². The molecule has 0 aliphatic carbocycles. The normalized spacial score (nSPS) is 14.3. The van der Waals surface area contributed by atoms with E-state index < -0.39 is 0 Å². The van der Waals surface area contributed by atoms with Crippen LogP contribution in [0.3, 0.4) is 0 Å². The monoisotopic (exact) mass is 280 g/mol. The van der Waals surface area contributed by atoms with Gasteiger partial charge in [0.1, 0.15) is 5.75 Å². The van der Waals surface area contributed by atoms with Crippen molar-refractivity contribution in [2.24, 2.45) is 5.73 Å². The van der Waals surface area contributed by atoms with E-state index in [1.54, 1.807) is 14.2 Å². The smallest absolute Gasteiger partial charge is 0.118 e. The van der Waals surface area contributed by atoms with Crippen molar-refractivity contribution >= 4 is 0 Å². The van der Waals surface area contributed by atoms with Crippen LogP contribution < -0.4 is 10.5 Å². The summed E-state index contributed by atoms with van der Waals surface area (Å²) in [6.07, 6.45) is 1.95. The van der Waals surface area contributed by atoms with Crippen LogP contribution in [0.15, 0.2) is 24.3 Å². The fourth-order valence-corrected chi connectivity index (χ4v) is 2.26. The zero-order valence-electron chi connectivity index (χ0n) is 13.2. The van der Waals surface area contributed by atoms with Gasteiger partial charge in [-0.05, 0) is 44.5 Å². The van der Waals surface area contributed by atoms with Gasteiger partial charge in [-0.25, -0.2) is 0 Å². The molecule has 0 heterocycles. The maximum absolute atomic E-state index is 6.02. The highest BCUT2D eigenvalue weighted by molar-refractivity contribution is 5.28. The molecule has 1 unspecified atom stereocenters. The Morgan fingerprint density at radius 2 is 1.85 bits per heavy atom. The zero-order valence-corrected chi connectivity index (χ0v) is 13.2. The van der Waals surface area contributed by atoms with E-state index in [0.29, 0.717) is 6.54 Å². The molecule has 0 aromatic heterocycles. The molecule has 4 heteroatoms. The summed E-state index contributed by atoms with van der Waals surface area (Å²) in [6, 6.07) is 8.21. The van der Waals surface area contributed by atoms with E-state index in [1.165, 1.54) is 5.56 Å². The Labute approximate surface area is 122 Å². The van der Waals surface area contributed by atoms with Crippen LogP contribution in [-0.4, -0.2) is 51.4 Å². The fourth-order valence-electron chi connectivity index (χ4n) is 2.26. The van der Waals surface area contributed by atoms with Gasteiger partial charge in [-0.3, -0.25) is 4.90 Å². The third-order valence-electron chi connectivity index (χ3n) is 3.95. The predicted octanol–water partition coefficient (Wildman–Crippen LogP) is 1.92. The lowest BCUT2D eigenvalue weighted by Crippen LogP contribution is -2.51. The van der Waals surface area contributed by atoms with Gasteiger partial charge in [0.05, 0.1) is 7.11 Å². The van der Waals surface area contributed by atoms with E-state index in [-0.39, 0.29) is 5.54 Å².